The van der Waals surface area contributed by atoms with Crippen LogP contribution in [0.4, 0.5) is 26.3 Å². The molecule has 1 aromatic heterocycles. The summed E-state index contributed by atoms with van der Waals surface area (Å²) in [7, 11) is 0. The van der Waals surface area contributed by atoms with Crippen LogP contribution in [0, 0.1) is 20.8 Å². The topological polar surface area (TPSA) is 0 Å². The summed E-state index contributed by atoms with van der Waals surface area (Å²) in [6.07, 6.45) is 0. The molecular formula is C28H24F6S. The van der Waals surface area contributed by atoms with Crippen LogP contribution < -0.4 is 0 Å². The van der Waals surface area contributed by atoms with E-state index in [0.717, 1.165) is 22.5 Å². The van der Waals surface area contributed by atoms with Gasteiger partial charge in [-0.3, -0.25) is 0 Å². The van der Waals surface area contributed by atoms with Gasteiger partial charge in [-0.05, 0) is 62.4 Å². The van der Waals surface area contributed by atoms with E-state index in [1.54, 1.807) is 19.1 Å². The molecule has 2 aromatic carbocycles. The zero-order chi connectivity index (χ0) is 25.9. The summed E-state index contributed by atoms with van der Waals surface area (Å²) in [5.74, 6) is -15.7. The Morgan fingerprint density at radius 2 is 1.23 bits per heavy atom. The summed E-state index contributed by atoms with van der Waals surface area (Å²) in [4.78, 5) is 0.915. The van der Waals surface area contributed by atoms with Crippen molar-refractivity contribution in [3.8, 4) is 11.1 Å². The molecular weight excluding hydrogens is 482 g/mol. The summed E-state index contributed by atoms with van der Waals surface area (Å²) < 4.78 is 91.1. The first-order valence-corrected chi connectivity index (χ1v) is 11.8. The Labute approximate surface area is 204 Å². The lowest BCUT2D eigenvalue weighted by atomic mass is 9.86. The molecule has 7 heteroatoms. The summed E-state index contributed by atoms with van der Waals surface area (Å²) in [5, 5.41) is 0. The van der Waals surface area contributed by atoms with Crippen LogP contribution >= 0.6 is 11.3 Å². The predicted molar refractivity (Wildman–Crippen MR) is 130 cm³/mol. The van der Waals surface area contributed by atoms with E-state index < -0.39 is 28.9 Å². The quantitative estimate of drug-likeness (QED) is 0.309. The second-order valence-corrected chi connectivity index (χ2v) is 10.4. The minimum absolute atomic E-state index is 0.174. The highest BCUT2D eigenvalue weighted by Gasteiger charge is 2.80. The summed E-state index contributed by atoms with van der Waals surface area (Å²) in [6.45, 7) is 7.58. The highest BCUT2D eigenvalue weighted by atomic mass is 32.1. The van der Waals surface area contributed by atoms with Crippen molar-refractivity contribution in [2.75, 3.05) is 0 Å². The summed E-state index contributed by atoms with van der Waals surface area (Å²) in [5.41, 5.74) is -0.714. The van der Waals surface area contributed by atoms with Crippen LogP contribution in [0.15, 0.2) is 65.7 Å². The molecule has 0 amide bonds. The highest BCUT2D eigenvalue weighted by Crippen LogP contribution is 2.65. The van der Waals surface area contributed by atoms with Crippen molar-refractivity contribution in [1.29, 1.82) is 0 Å². The Balaban J connectivity index is 2.02. The smallest absolute Gasteiger partial charge is 0.194 e. The van der Waals surface area contributed by atoms with Gasteiger partial charge in [0, 0.05) is 26.5 Å². The van der Waals surface area contributed by atoms with Gasteiger partial charge in [0.15, 0.2) is 0 Å². The van der Waals surface area contributed by atoms with Crippen molar-refractivity contribution in [2.45, 2.75) is 52.4 Å². The number of hydrogen-bond acceptors (Lipinski definition) is 1. The number of hydrogen-bond donors (Lipinski definition) is 0. The zero-order valence-corrected chi connectivity index (χ0v) is 20.7. The third-order valence-electron chi connectivity index (χ3n) is 6.51. The lowest BCUT2D eigenvalue weighted by Crippen LogP contribution is -2.49. The zero-order valence-electron chi connectivity index (χ0n) is 19.9. The molecule has 1 aliphatic rings. The van der Waals surface area contributed by atoms with E-state index in [2.05, 4.69) is 0 Å². The van der Waals surface area contributed by atoms with Crippen LogP contribution in [0.2, 0.25) is 0 Å². The molecule has 0 spiro atoms. The fraction of sp³-hybridized carbons (Fsp3) is 0.286. The van der Waals surface area contributed by atoms with E-state index in [9.17, 15) is 8.78 Å². The summed E-state index contributed by atoms with van der Waals surface area (Å²) in [6, 6.07) is 15.6. The van der Waals surface area contributed by atoms with Gasteiger partial charge in [-0.15, -0.1) is 11.3 Å². The Bertz CT molecular complexity index is 1340. The minimum Gasteiger partial charge on any atom is -0.194 e. The Morgan fingerprint density at radius 1 is 0.686 bits per heavy atom. The van der Waals surface area contributed by atoms with E-state index >= 15 is 17.6 Å². The van der Waals surface area contributed by atoms with E-state index in [-0.39, 0.29) is 22.3 Å². The summed E-state index contributed by atoms with van der Waals surface area (Å²) >= 11 is 1.13. The van der Waals surface area contributed by atoms with Crippen molar-refractivity contribution in [2.24, 2.45) is 0 Å². The Morgan fingerprint density at radius 3 is 1.71 bits per heavy atom. The molecule has 0 nitrogen and oxygen atoms in total. The third-order valence-corrected chi connectivity index (χ3v) is 7.63. The maximum atomic E-state index is 15.4. The second kappa shape index (κ2) is 8.40. The maximum absolute atomic E-state index is 15.4. The van der Waals surface area contributed by atoms with Crippen LogP contribution in [-0.4, -0.2) is 17.8 Å². The number of thiophene rings is 1. The van der Waals surface area contributed by atoms with Gasteiger partial charge in [0.1, 0.15) is 0 Å². The van der Waals surface area contributed by atoms with Gasteiger partial charge in [0.2, 0.25) is 0 Å². The van der Waals surface area contributed by atoms with Gasteiger partial charge in [-0.25, -0.2) is 0 Å². The van der Waals surface area contributed by atoms with Crippen LogP contribution in [0.25, 0.3) is 22.3 Å². The van der Waals surface area contributed by atoms with Crippen LogP contribution in [0.1, 0.15) is 40.3 Å². The van der Waals surface area contributed by atoms with E-state index in [1.165, 1.54) is 39.8 Å². The predicted octanol–water partition coefficient (Wildman–Crippen LogP) is 9.51. The molecule has 3 aromatic rings. The number of benzene rings is 2. The molecule has 35 heavy (non-hydrogen) atoms. The standard InChI is InChI=1S/C28H24F6S/c1-15(2)22(21-13-11-20(12-14-21)19-9-7-6-8-10-19)24-25(23-16(3)17(4)35-18(23)5)27(31,32)28(33,34)26(24,29)30/h6-14H,1-5H3. The first-order valence-electron chi connectivity index (χ1n) is 11.0. The molecule has 0 fully saturated rings. The number of halogens is 6. The van der Waals surface area contributed by atoms with Crippen molar-refractivity contribution < 1.29 is 26.3 Å². The third kappa shape index (κ3) is 3.66. The van der Waals surface area contributed by atoms with Crippen molar-refractivity contribution in [3.05, 3.63) is 92.2 Å². The molecule has 1 aliphatic carbocycles. The van der Waals surface area contributed by atoms with Gasteiger partial charge in [-0.2, -0.15) is 26.3 Å². The molecule has 0 N–H and O–H groups in total. The molecule has 0 saturated carbocycles. The molecule has 0 aliphatic heterocycles. The maximum Gasteiger partial charge on any atom is 0.380 e. The van der Waals surface area contributed by atoms with Gasteiger partial charge in [-0.1, -0.05) is 60.2 Å². The number of aryl methyl sites for hydroxylation is 2. The fourth-order valence-corrected chi connectivity index (χ4v) is 5.76. The van der Waals surface area contributed by atoms with Gasteiger partial charge < -0.3 is 0 Å². The minimum atomic E-state index is -5.58. The molecule has 0 atom stereocenters. The van der Waals surface area contributed by atoms with Gasteiger partial charge in [0.25, 0.3) is 0 Å². The second-order valence-electron chi connectivity index (χ2n) is 9.01. The van der Waals surface area contributed by atoms with Crippen molar-refractivity contribution in [1.82, 2.24) is 0 Å². The van der Waals surface area contributed by atoms with Gasteiger partial charge in [0.05, 0.1) is 0 Å². The van der Waals surface area contributed by atoms with Gasteiger partial charge >= 0.3 is 17.8 Å². The van der Waals surface area contributed by atoms with Crippen molar-refractivity contribution in [3.63, 3.8) is 0 Å². The SMILES string of the molecule is CC(C)=C(C1=C(c2c(C)sc(C)c2C)C(F)(F)C(F)(F)C1(F)F)c1ccc(-c2ccccc2)cc1. The molecule has 0 saturated heterocycles. The average molecular weight is 507 g/mol. The number of rotatable bonds is 4. The van der Waals surface area contributed by atoms with Crippen LogP contribution in [0.3, 0.4) is 0 Å². The molecule has 1 heterocycles. The largest absolute Gasteiger partial charge is 0.380 e. The average Bonchev–Trinajstić information content (AvgIpc) is 3.09. The van der Waals surface area contributed by atoms with Crippen LogP contribution in [-0.2, 0) is 0 Å². The Kier molecular flexibility index (Phi) is 6.07. The normalized spacial score (nSPS) is 18.1. The molecule has 184 valence electrons. The lowest BCUT2D eigenvalue weighted by Gasteiger charge is -2.26. The number of alkyl halides is 6. The lowest BCUT2D eigenvalue weighted by molar-refractivity contribution is -0.258. The van der Waals surface area contributed by atoms with E-state index in [4.69, 9.17) is 0 Å². The monoisotopic (exact) mass is 506 g/mol. The fourth-order valence-electron chi connectivity index (χ4n) is 4.69. The Hall–Kier alpha value is -2.80. The number of allylic oxidation sites excluding steroid dienone is 4. The van der Waals surface area contributed by atoms with Crippen LogP contribution in [0.5, 0.6) is 0 Å². The first kappa shape index (κ1) is 25.3. The molecule has 0 unspecified atom stereocenters. The van der Waals surface area contributed by atoms with E-state index in [1.807, 2.05) is 30.3 Å². The van der Waals surface area contributed by atoms with Crippen molar-refractivity contribution >= 4 is 22.5 Å². The molecule has 4 rings (SSSR count). The molecule has 0 radical (unpaired) electrons. The highest BCUT2D eigenvalue weighted by molar-refractivity contribution is 7.12. The first-order chi connectivity index (χ1) is 16.2. The molecule has 0 bridgehead atoms. The van der Waals surface area contributed by atoms with E-state index in [0.29, 0.717) is 15.3 Å².